The van der Waals surface area contributed by atoms with Crippen LogP contribution >= 0.6 is 0 Å². The van der Waals surface area contributed by atoms with Crippen molar-refractivity contribution in [3.05, 3.63) is 23.8 Å². The molecule has 0 radical (unpaired) electrons. The summed E-state index contributed by atoms with van der Waals surface area (Å²) in [4.78, 5) is 9.08. The van der Waals surface area contributed by atoms with Gasteiger partial charge in [0, 0.05) is 37.6 Å². The first-order valence-corrected chi connectivity index (χ1v) is 6.65. The molecule has 5 nitrogen and oxygen atoms in total. The highest BCUT2D eigenvalue weighted by molar-refractivity contribution is 5.11. The van der Waals surface area contributed by atoms with Crippen LogP contribution in [-0.4, -0.2) is 42.9 Å². The molecule has 0 aromatic carbocycles. The maximum Gasteiger partial charge on any atom is 0.147 e. The summed E-state index contributed by atoms with van der Waals surface area (Å²) in [6, 6.07) is 2.17. The normalized spacial score (nSPS) is 26.1. The molecule has 1 aromatic heterocycles. The Morgan fingerprint density at radius 1 is 1.17 bits per heavy atom. The number of rotatable bonds is 2. The van der Waals surface area contributed by atoms with Gasteiger partial charge in [-0.05, 0) is 18.9 Å². The molecule has 0 amide bonds. The monoisotopic (exact) mass is 249 g/mol. The van der Waals surface area contributed by atoms with Crippen molar-refractivity contribution >= 4 is 0 Å². The van der Waals surface area contributed by atoms with Gasteiger partial charge in [0.05, 0.1) is 19.3 Å². The van der Waals surface area contributed by atoms with E-state index in [1.807, 2.05) is 12.3 Å². The number of nitrogens with one attached hydrogen (secondary N) is 1. The van der Waals surface area contributed by atoms with Crippen molar-refractivity contribution in [1.82, 2.24) is 15.3 Å². The van der Waals surface area contributed by atoms with Crippen LogP contribution in [0.2, 0.25) is 0 Å². The molecule has 3 rings (SSSR count). The van der Waals surface area contributed by atoms with E-state index >= 15 is 0 Å². The van der Waals surface area contributed by atoms with Gasteiger partial charge < -0.3 is 14.8 Å². The molecule has 2 aliphatic heterocycles. The van der Waals surface area contributed by atoms with Gasteiger partial charge >= 0.3 is 0 Å². The van der Waals surface area contributed by atoms with E-state index in [1.54, 1.807) is 0 Å². The maximum absolute atomic E-state index is 5.46. The van der Waals surface area contributed by atoms with E-state index in [0.717, 1.165) is 50.7 Å². The molecule has 0 saturated carbocycles. The van der Waals surface area contributed by atoms with Crippen LogP contribution in [-0.2, 0) is 9.47 Å². The second kappa shape index (κ2) is 5.73. The third-order valence-electron chi connectivity index (χ3n) is 3.57. The zero-order chi connectivity index (χ0) is 12.2. The van der Waals surface area contributed by atoms with E-state index in [4.69, 9.17) is 14.5 Å². The van der Waals surface area contributed by atoms with E-state index in [0.29, 0.717) is 12.5 Å². The first-order chi connectivity index (χ1) is 8.93. The molecule has 1 aromatic rings. The van der Waals surface area contributed by atoms with Crippen LogP contribution in [0.1, 0.15) is 36.3 Å². The summed E-state index contributed by atoms with van der Waals surface area (Å²) in [5, 5.41) is 3.39. The zero-order valence-electron chi connectivity index (χ0n) is 10.5. The van der Waals surface area contributed by atoms with Gasteiger partial charge in [-0.1, -0.05) is 0 Å². The molecule has 98 valence electrons. The molecule has 0 bridgehead atoms. The number of aromatic nitrogens is 2. The van der Waals surface area contributed by atoms with Crippen molar-refractivity contribution in [2.45, 2.75) is 24.8 Å². The van der Waals surface area contributed by atoms with Gasteiger partial charge in [0.25, 0.3) is 0 Å². The Morgan fingerprint density at radius 2 is 2.06 bits per heavy atom. The molecule has 2 aliphatic rings. The molecule has 1 unspecified atom stereocenters. The van der Waals surface area contributed by atoms with Gasteiger partial charge in [0.1, 0.15) is 5.82 Å². The molecule has 2 saturated heterocycles. The van der Waals surface area contributed by atoms with Crippen molar-refractivity contribution in [2.75, 3.05) is 33.0 Å². The highest BCUT2D eigenvalue weighted by Gasteiger charge is 2.21. The minimum atomic E-state index is 0.138. The first-order valence-electron chi connectivity index (χ1n) is 6.65. The smallest absolute Gasteiger partial charge is 0.147 e. The van der Waals surface area contributed by atoms with Gasteiger partial charge in [-0.25, -0.2) is 9.97 Å². The van der Waals surface area contributed by atoms with E-state index in [-0.39, 0.29) is 6.04 Å². The van der Waals surface area contributed by atoms with Crippen LogP contribution in [0.15, 0.2) is 12.3 Å². The maximum atomic E-state index is 5.46. The Kier molecular flexibility index (Phi) is 3.83. The number of hydrogen-bond donors (Lipinski definition) is 1. The summed E-state index contributed by atoms with van der Waals surface area (Å²) in [5.74, 6) is 1.38. The van der Waals surface area contributed by atoms with Crippen molar-refractivity contribution in [1.29, 1.82) is 0 Å². The van der Waals surface area contributed by atoms with Gasteiger partial charge in [-0.15, -0.1) is 0 Å². The van der Waals surface area contributed by atoms with Gasteiger partial charge in [-0.2, -0.15) is 0 Å². The molecule has 18 heavy (non-hydrogen) atoms. The lowest BCUT2D eigenvalue weighted by molar-refractivity contribution is 0.0734. The van der Waals surface area contributed by atoms with Crippen LogP contribution < -0.4 is 5.32 Å². The van der Waals surface area contributed by atoms with E-state index in [1.165, 1.54) is 0 Å². The molecule has 2 fully saturated rings. The summed E-state index contributed by atoms with van der Waals surface area (Å²) >= 11 is 0. The van der Waals surface area contributed by atoms with Crippen LogP contribution in [0.5, 0.6) is 0 Å². The third kappa shape index (κ3) is 2.68. The largest absolute Gasteiger partial charge is 0.381 e. The number of hydrogen-bond acceptors (Lipinski definition) is 5. The van der Waals surface area contributed by atoms with E-state index < -0.39 is 0 Å². The molecule has 1 N–H and O–H groups in total. The third-order valence-corrected chi connectivity index (χ3v) is 3.57. The fourth-order valence-corrected chi connectivity index (χ4v) is 2.51. The number of ether oxygens (including phenoxy) is 2. The fourth-order valence-electron chi connectivity index (χ4n) is 2.51. The fraction of sp³-hybridized carbons (Fsp3) is 0.692. The minimum Gasteiger partial charge on any atom is -0.381 e. The van der Waals surface area contributed by atoms with Gasteiger partial charge in [-0.3, -0.25) is 0 Å². The standard InChI is InChI=1S/C13H19N3O2/c1-4-15-13(12-9-18-8-5-14-12)16-11(1)10-2-6-17-7-3-10/h1,4,10,12,14H,2-3,5-9H2. The summed E-state index contributed by atoms with van der Waals surface area (Å²) in [6.07, 6.45) is 3.99. The van der Waals surface area contributed by atoms with Gasteiger partial charge in [0.15, 0.2) is 0 Å². The Hall–Kier alpha value is -1.04. The molecule has 0 aliphatic carbocycles. The van der Waals surface area contributed by atoms with E-state index in [9.17, 15) is 0 Å². The SMILES string of the molecule is c1cc(C2CCOCC2)nc(C2COCCN2)n1. The predicted octanol–water partition coefficient (Wildman–Crippen LogP) is 1.03. The molecule has 3 heterocycles. The summed E-state index contributed by atoms with van der Waals surface area (Å²) < 4.78 is 10.9. The minimum absolute atomic E-state index is 0.138. The number of nitrogens with zero attached hydrogens (tertiary/aromatic N) is 2. The average Bonchev–Trinajstić information content (AvgIpc) is 2.49. The molecule has 0 spiro atoms. The topological polar surface area (TPSA) is 56.3 Å². The van der Waals surface area contributed by atoms with Crippen LogP contribution in [0.4, 0.5) is 0 Å². The Morgan fingerprint density at radius 3 is 2.83 bits per heavy atom. The Labute approximate surface area is 107 Å². The second-order valence-electron chi connectivity index (χ2n) is 4.81. The van der Waals surface area contributed by atoms with Crippen LogP contribution in [0.25, 0.3) is 0 Å². The second-order valence-corrected chi connectivity index (χ2v) is 4.81. The summed E-state index contributed by atoms with van der Waals surface area (Å²) in [7, 11) is 0. The van der Waals surface area contributed by atoms with Crippen molar-refractivity contribution in [3.8, 4) is 0 Å². The van der Waals surface area contributed by atoms with Gasteiger partial charge in [0.2, 0.25) is 0 Å². The molecule has 5 heteroatoms. The molecular weight excluding hydrogens is 230 g/mol. The highest BCUT2D eigenvalue weighted by atomic mass is 16.5. The van der Waals surface area contributed by atoms with Crippen LogP contribution in [0.3, 0.4) is 0 Å². The summed E-state index contributed by atoms with van der Waals surface area (Å²) in [5.41, 5.74) is 1.15. The molecular formula is C13H19N3O2. The zero-order valence-corrected chi connectivity index (χ0v) is 10.5. The quantitative estimate of drug-likeness (QED) is 0.848. The highest BCUT2D eigenvalue weighted by Crippen LogP contribution is 2.25. The average molecular weight is 249 g/mol. The summed E-state index contributed by atoms with van der Waals surface area (Å²) in [6.45, 7) is 3.99. The lowest BCUT2D eigenvalue weighted by Crippen LogP contribution is -2.35. The number of morpholine rings is 1. The Bertz CT molecular complexity index is 354. The van der Waals surface area contributed by atoms with Crippen molar-refractivity contribution < 1.29 is 9.47 Å². The lowest BCUT2D eigenvalue weighted by atomic mass is 9.96. The Balaban J connectivity index is 1.75. The molecule has 1 atom stereocenters. The van der Waals surface area contributed by atoms with Crippen molar-refractivity contribution in [2.24, 2.45) is 0 Å². The van der Waals surface area contributed by atoms with Crippen LogP contribution in [0, 0.1) is 0 Å². The predicted molar refractivity (Wildman–Crippen MR) is 66.4 cm³/mol. The first kappa shape index (κ1) is 12.0. The van der Waals surface area contributed by atoms with E-state index in [2.05, 4.69) is 10.3 Å². The lowest BCUT2D eigenvalue weighted by Gasteiger charge is -2.25. The van der Waals surface area contributed by atoms with Crippen molar-refractivity contribution in [3.63, 3.8) is 0 Å².